The van der Waals surface area contributed by atoms with Crippen LogP contribution in [0.15, 0.2) is 12.7 Å². The molecule has 0 bridgehead atoms. The summed E-state index contributed by atoms with van der Waals surface area (Å²) in [4.78, 5) is 21.9. The van der Waals surface area contributed by atoms with Crippen molar-refractivity contribution in [1.29, 1.82) is 0 Å². The topological polar surface area (TPSA) is 58.2 Å². The lowest BCUT2D eigenvalue weighted by atomic mass is 10.2. The van der Waals surface area contributed by atoms with Gasteiger partial charge in [0.2, 0.25) is 11.8 Å². The molecule has 0 spiro atoms. The van der Waals surface area contributed by atoms with Crippen molar-refractivity contribution in [2.75, 3.05) is 0 Å². The van der Waals surface area contributed by atoms with Gasteiger partial charge in [-0.2, -0.15) is 0 Å². The summed E-state index contributed by atoms with van der Waals surface area (Å²) in [5.41, 5.74) is 0. The molecule has 0 aromatic carbocycles. The van der Waals surface area contributed by atoms with Crippen LogP contribution in [0.3, 0.4) is 0 Å². The molecule has 1 fully saturated rings. The molecule has 0 radical (unpaired) electrons. The number of hydrogen-bond donors (Lipinski definition) is 2. The third kappa shape index (κ3) is 2.66. The largest absolute Gasteiger partial charge is 0.303 e. The average molecular weight is 182 g/mol. The molecular formula is C9H14N2O2. The summed E-state index contributed by atoms with van der Waals surface area (Å²) >= 11 is 0. The normalized spacial score (nSPS) is 24.2. The maximum Gasteiger partial charge on any atom is 0.244 e. The predicted molar refractivity (Wildman–Crippen MR) is 49.0 cm³/mol. The Labute approximate surface area is 77.4 Å². The number of carbonyl (C=O) groups is 2. The number of hydrogen-bond acceptors (Lipinski definition) is 3. The second-order valence-corrected chi connectivity index (χ2v) is 3.26. The van der Waals surface area contributed by atoms with Gasteiger partial charge < -0.3 is 5.32 Å². The van der Waals surface area contributed by atoms with E-state index >= 15 is 0 Å². The lowest BCUT2D eigenvalue weighted by molar-refractivity contribution is -0.125. The van der Waals surface area contributed by atoms with E-state index in [1.54, 1.807) is 6.08 Å². The van der Waals surface area contributed by atoms with E-state index in [0.717, 1.165) is 6.42 Å². The molecular weight excluding hydrogens is 168 g/mol. The number of amides is 2. The minimum absolute atomic E-state index is 0.180. The van der Waals surface area contributed by atoms with Crippen LogP contribution in [-0.2, 0) is 9.59 Å². The Balaban J connectivity index is 2.40. The van der Waals surface area contributed by atoms with Crippen LogP contribution in [-0.4, -0.2) is 23.9 Å². The van der Waals surface area contributed by atoms with Gasteiger partial charge in [-0.3, -0.25) is 14.9 Å². The van der Waals surface area contributed by atoms with Crippen LogP contribution < -0.4 is 10.6 Å². The Morgan fingerprint density at radius 1 is 1.77 bits per heavy atom. The zero-order valence-electron chi connectivity index (χ0n) is 7.67. The van der Waals surface area contributed by atoms with Crippen molar-refractivity contribution in [3.8, 4) is 0 Å². The molecule has 1 aliphatic rings. The second kappa shape index (κ2) is 4.18. The standard InChI is InChI=1S/C9H14N2O2/c1-3-4-6(2)10-7-5-8(12)11-9(7)13/h3,6-7,10H,1,4-5H2,2H3,(H,11,12,13). The monoisotopic (exact) mass is 182 g/mol. The van der Waals surface area contributed by atoms with Gasteiger partial charge in [0.1, 0.15) is 0 Å². The highest BCUT2D eigenvalue weighted by Gasteiger charge is 2.30. The van der Waals surface area contributed by atoms with Gasteiger partial charge in [0, 0.05) is 6.04 Å². The molecule has 1 aliphatic heterocycles. The number of rotatable bonds is 4. The van der Waals surface area contributed by atoms with Crippen molar-refractivity contribution in [3.05, 3.63) is 12.7 Å². The molecule has 2 atom stereocenters. The van der Waals surface area contributed by atoms with E-state index in [1.165, 1.54) is 0 Å². The molecule has 2 unspecified atom stereocenters. The minimum Gasteiger partial charge on any atom is -0.303 e. The molecule has 13 heavy (non-hydrogen) atoms. The molecule has 1 heterocycles. The van der Waals surface area contributed by atoms with Crippen molar-refractivity contribution in [2.24, 2.45) is 0 Å². The van der Waals surface area contributed by atoms with Crippen LogP contribution in [0.1, 0.15) is 19.8 Å². The van der Waals surface area contributed by atoms with E-state index in [9.17, 15) is 9.59 Å². The van der Waals surface area contributed by atoms with Crippen LogP contribution in [0.2, 0.25) is 0 Å². The van der Waals surface area contributed by atoms with Gasteiger partial charge in [-0.25, -0.2) is 0 Å². The van der Waals surface area contributed by atoms with Gasteiger partial charge in [0.05, 0.1) is 12.5 Å². The fourth-order valence-corrected chi connectivity index (χ4v) is 1.35. The van der Waals surface area contributed by atoms with Crippen LogP contribution in [0.4, 0.5) is 0 Å². The second-order valence-electron chi connectivity index (χ2n) is 3.26. The SMILES string of the molecule is C=CCC(C)NC1CC(=O)NC1=O. The minimum atomic E-state index is -0.359. The highest BCUT2D eigenvalue weighted by molar-refractivity contribution is 6.05. The van der Waals surface area contributed by atoms with Crippen molar-refractivity contribution in [3.63, 3.8) is 0 Å². The fraction of sp³-hybridized carbons (Fsp3) is 0.556. The molecule has 0 aliphatic carbocycles. The first-order valence-corrected chi connectivity index (χ1v) is 4.34. The fourth-order valence-electron chi connectivity index (χ4n) is 1.35. The van der Waals surface area contributed by atoms with E-state index < -0.39 is 0 Å². The lowest BCUT2D eigenvalue weighted by Crippen LogP contribution is -2.41. The van der Waals surface area contributed by atoms with Crippen molar-refractivity contribution >= 4 is 11.8 Å². The molecule has 0 aromatic heterocycles. The van der Waals surface area contributed by atoms with Crippen LogP contribution in [0.5, 0.6) is 0 Å². The molecule has 0 aromatic rings. The predicted octanol–water partition coefficient (Wildman–Crippen LogP) is -0.0443. The first-order chi connectivity index (χ1) is 6.13. The summed E-state index contributed by atoms with van der Waals surface area (Å²) in [5, 5.41) is 5.30. The van der Waals surface area contributed by atoms with E-state index in [2.05, 4.69) is 17.2 Å². The number of nitrogens with one attached hydrogen (secondary N) is 2. The molecule has 2 N–H and O–H groups in total. The zero-order valence-corrected chi connectivity index (χ0v) is 7.67. The van der Waals surface area contributed by atoms with Crippen molar-refractivity contribution in [2.45, 2.75) is 31.8 Å². The Kier molecular flexibility index (Phi) is 3.19. The molecule has 1 saturated heterocycles. The third-order valence-corrected chi connectivity index (χ3v) is 1.97. The first-order valence-electron chi connectivity index (χ1n) is 4.34. The molecule has 72 valence electrons. The van der Waals surface area contributed by atoms with Crippen molar-refractivity contribution < 1.29 is 9.59 Å². The van der Waals surface area contributed by atoms with Crippen molar-refractivity contribution in [1.82, 2.24) is 10.6 Å². The summed E-state index contributed by atoms with van der Waals surface area (Å²) < 4.78 is 0. The first kappa shape index (κ1) is 9.92. The average Bonchev–Trinajstić information content (AvgIpc) is 2.30. The summed E-state index contributed by atoms with van der Waals surface area (Å²) in [6.45, 7) is 5.56. The van der Waals surface area contributed by atoms with E-state index in [0.29, 0.717) is 0 Å². The number of carbonyl (C=O) groups excluding carboxylic acids is 2. The molecule has 4 nitrogen and oxygen atoms in total. The maximum absolute atomic E-state index is 11.1. The van der Waals surface area contributed by atoms with E-state index in [-0.39, 0.29) is 30.3 Å². The van der Waals surface area contributed by atoms with Gasteiger partial charge >= 0.3 is 0 Å². The smallest absolute Gasteiger partial charge is 0.244 e. The lowest BCUT2D eigenvalue weighted by Gasteiger charge is -2.14. The molecule has 4 heteroatoms. The Morgan fingerprint density at radius 2 is 2.46 bits per heavy atom. The van der Waals surface area contributed by atoms with Gasteiger partial charge in [0.15, 0.2) is 0 Å². The van der Waals surface area contributed by atoms with Crippen LogP contribution in [0.25, 0.3) is 0 Å². The van der Waals surface area contributed by atoms with E-state index in [4.69, 9.17) is 0 Å². The zero-order chi connectivity index (χ0) is 9.84. The quantitative estimate of drug-likeness (QED) is 0.473. The summed E-state index contributed by atoms with van der Waals surface area (Å²) in [6.07, 6.45) is 2.82. The summed E-state index contributed by atoms with van der Waals surface area (Å²) in [6, 6.07) is -0.179. The van der Waals surface area contributed by atoms with Gasteiger partial charge in [-0.05, 0) is 13.3 Å². The molecule has 1 rings (SSSR count). The molecule has 2 amide bonds. The van der Waals surface area contributed by atoms with Gasteiger partial charge in [0.25, 0.3) is 0 Å². The van der Waals surface area contributed by atoms with Gasteiger partial charge in [-0.1, -0.05) is 6.08 Å². The number of imide groups is 1. The Hall–Kier alpha value is -1.16. The van der Waals surface area contributed by atoms with Gasteiger partial charge in [-0.15, -0.1) is 6.58 Å². The highest BCUT2D eigenvalue weighted by Crippen LogP contribution is 2.03. The Morgan fingerprint density at radius 3 is 2.92 bits per heavy atom. The summed E-state index contributed by atoms with van der Waals surface area (Å²) in [7, 11) is 0. The van der Waals surface area contributed by atoms with Crippen LogP contribution in [0, 0.1) is 0 Å². The highest BCUT2D eigenvalue weighted by atomic mass is 16.2. The molecule has 0 saturated carbocycles. The summed E-state index contributed by atoms with van der Waals surface area (Å²) in [5.74, 6) is -0.422. The van der Waals surface area contributed by atoms with Crippen LogP contribution >= 0.6 is 0 Å². The third-order valence-electron chi connectivity index (χ3n) is 1.97. The maximum atomic E-state index is 11.1. The van der Waals surface area contributed by atoms with E-state index in [1.807, 2.05) is 6.92 Å². The Bertz CT molecular complexity index is 238.